The molecule has 8 nitrogen and oxygen atoms in total. The first kappa shape index (κ1) is 16.2. The molecular weight excluding hydrogens is 338 g/mol. The summed E-state index contributed by atoms with van der Waals surface area (Å²) >= 11 is 0. The van der Waals surface area contributed by atoms with Gasteiger partial charge in [0.25, 0.3) is 0 Å². The van der Waals surface area contributed by atoms with Gasteiger partial charge in [-0.05, 0) is 18.6 Å². The first-order chi connectivity index (χ1) is 12.7. The lowest BCUT2D eigenvalue weighted by atomic mass is 10.1. The second-order valence-corrected chi connectivity index (χ2v) is 5.83. The van der Waals surface area contributed by atoms with Crippen LogP contribution in [0, 0.1) is 0 Å². The number of carbonyl (C=O) groups is 1. The molecule has 0 radical (unpaired) electrons. The molecule has 1 aliphatic heterocycles. The summed E-state index contributed by atoms with van der Waals surface area (Å²) in [4.78, 5) is 22.8. The van der Waals surface area contributed by atoms with Crippen molar-refractivity contribution in [3.63, 3.8) is 0 Å². The molecule has 3 aromatic rings. The summed E-state index contributed by atoms with van der Waals surface area (Å²) in [5, 5.41) is 9.34. The van der Waals surface area contributed by atoms with Crippen LogP contribution in [0.5, 0.6) is 17.2 Å². The second-order valence-electron chi connectivity index (χ2n) is 5.83. The molecule has 0 aliphatic carbocycles. The molecule has 3 heterocycles. The van der Waals surface area contributed by atoms with Crippen molar-refractivity contribution in [3.8, 4) is 28.5 Å². The van der Waals surface area contributed by atoms with Crippen LogP contribution in [0.4, 0.5) is 0 Å². The SMILES string of the molecule is CCCCOc1ccc2c(c1-c1ncnc3c(C(=O)O)c[nH]c13)OCO2. The van der Waals surface area contributed by atoms with E-state index < -0.39 is 5.97 Å². The van der Waals surface area contributed by atoms with E-state index in [1.165, 1.54) is 12.5 Å². The van der Waals surface area contributed by atoms with E-state index in [4.69, 9.17) is 14.2 Å². The van der Waals surface area contributed by atoms with Gasteiger partial charge in [-0.25, -0.2) is 14.8 Å². The van der Waals surface area contributed by atoms with Gasteiger partial charge >= 0.3 is 5.97 Å². The molecule has 0 saturated carbocycles. The van der Waals surface area contributed by atoms with Gasteiger partial charge in [0.1, 0.15) is 28.9 Å². The molecule has 0 saturated heterocycles. The zero-order valence-corrected chi connectivity index (χ0v) is 14.1. The molecule has 0 amide bonds. The van der Waals surface area contributed by atoms with Crippen LogP contribution < -0.4 is 14.2 Å². The van der Waals surface area contributed by atoms with E-state index in [1.54, 1.807) is 6.07 Å². The fourth-order valence-corrected chi connectivity index (χ4v) is 2.92. The van der Waals surface area contributed by atoms with Crippen LogP contribution in [0.2, 0.25) is 0 Å². The highest BCUT2D eigenvalue weighted by Crippen LogP contribution is 2.47. The van der Waals surface area contributed by atoms with E-state index >= 15 is 0 Å². The molecule has 0 bridgehead atoms. The fourth-order valence-electron chi connectivity index (χ4n) is 2.92. The lowest BCUT2D eigenvalue weighted by Crippen LogP contribution is -2.01. The Labute approximate surface area is 148 Å². The third-order valence-electron chi connectivity index (χ3n) is 4.19. The molecule has 8 heteroatoms. The molecule has 0 spiro atoms. The van der Waals surface area contributed by atoms with Crippen LogP contribution in [0.25, 0.3) is 22.3 Å². The lowest BCUT2D eigenvalue weighted by Gasteiger charge is -2.13. The summed E-state index contributed by atoms with van der Waals surface area (Å²) < 4.78 is 17.0. The molecule has 134 valence electrons. The molecule has 26 heavy (non-hydrogen) atoms. The van der Waals surface area contributed by atoms with Gasteiger partial charge in [0.2, 0.25) is 6.79 Å². The van der Waals surface area contributed by atoms with Crippen molar-refractivity contribution in [3.05, 3.63) is 30.2 Å². The van der Waals surface area contributed by atoms with E-state index in [1.807, 2.05) is 6.07 Å². The number of aromatic amines is 1. The molecule has 0 fully saturated rings. The van der Waals surface area contributed by atoms with E-state index in [2.05, 4.69) is 21.9 Å². The Balaban J connectivity index is 1.91. The van der Waals surface area contributed by atoms with Crippen LogP contribution in [0.1, 0.15) is 30.1 Å². The topological polar surface area (TPSA) is 107 Å². The van der Waals surface area contributed by atoms with Gasteiger partial charge in [-0.1, -0.05) is 13.3 Å². The minimum Gasteiger partial charge on any atom is -0.493 e. The summed E-state index contributed by atoms with van der Waals surface area (Å²) in [7, 11) is 0. The Hall–Kier alpha value is -3.29. The number of benzene rings is 1. The highest BCUT2D eigenvalue weighted by Gasteiger charge is 2.27. The zero-order chi connectivity index (χ0) is 18.1. The number of H-pyrrole nitrogens is 1. The van der Waals surface area contributed by atoms with Crippen molar-refractivity contribution in [2.75, 3.05) is 13.4 Å². The molecule has 0 unspecified atom stereocenters. The van der Waals surface area contributed by atoms with Crippen molar-refractivity contribution in [1.82, 2.24) is 15.0 Å². The second kappa shape index (κ2) is 6.55. The first-order valence-electron chi connectivity index (χ1n) is 8.31. The standard InChI is InChI=1S/C18H17N3O5/c1-2-3-6-24-11-4-5-12-17(26-9-25-12)13(11)15-16-14(20-8-21-15)10(7-19-16)18(22)23/h4-5,7-8,19H,2-3,6,9H2,1H3,(H,22,23). The Morgan fingerprint density at radius 1 is 1.35 bits per heavy atom. The number of carboxylic acid groups (broad SMARTS) is 1. The highest BCUT2D eigenvalue weighted by atomic mass is 16.7. The van der Waals surface area contributed by atoms with Crippen molar-refractivity contribution >= 4 is 17.0 Å². The smallest absolute Gasteiger partial charge is 0.339 e. The predicted octanol–water partition coefficient (Wildman–Crippen LogP) is 3.23. The Bertz CT molecular complexity index is 982. The third-order valence-corrected chi connectivity index (χ3v) is 4.19. The quantitative estimate of drug-likeness (QED) is 0.654. The van der Waals surface area contributed by atoms with Gasteiger partial charge in [-0.15, -0.1) is 0 Å². The van der Waals surface area contributed by atoms with Crippen LogP contribution in [0.15, 0.2) is 24.7 Å². The lowest BCUT2D eigenvalue weighted by molar-refractivity contribution is 0.0699. The summed E-state index contributed by atoms with van der Waals surface area (Å²) in [6, 6.07) is 3.61. The molecule has 1 aromatic carbocycles. The number of aromatic carboxylic acids is 1. The van der Waals surface area contributed by atoms with Gasteiger partial charge in [0, 0.05) is 6.20 Å². The van der Waals surface area contributed by atoms with E-state index in [-0.39, 0.29) is 12.4 Å². The summed E-state index contributed by atoms with van der Waals surface area (Å²) in [5.41, 5.74) is 2.06. The van der Waals surface area contributed by atoms with Gasteiger partial charge in [-0.3, -0.25) is 0 Å². The maximum absolute atomic E-state index is 11.4. The zero-order valence-electron chi connectivity index (χ0n) is 14.1. The number of nitrogens with zero attached hydrogens (tertiary/aromatic N) is 2. The van der Waals surface area contributed by atoms with E-state index in [9.17, 15) is 9.90 Å². The number of rotatable bonds is 6. The van der Waals surface area contributed by atoms with Gasteiger partial charge in [0.15, 0.2) is 11.5 Å². The van der Waals surface area contributed by atoms with Crippen molar-refractivity contribution < 1.29 is 24.1 Å². The Kier molecular flexibility index (Phi) is 4.08. The predicted molar refractivity (Wildman–Crippen MR) is 92.8 cm³/mol. The van der Waals surface area contributed by atoms with Gasteiger partial charge in [-0.2, -0.15) is 0 Å². The van der Waals surface area contributed by atoms with E-state index in [0.717, 1.165) is 12.8 Å². The van der Waals surface area contributed by atoms with Crippen molar-refractivity contribution in [2.45, 2.75) is 19.8 Å². The molecule has 2 aromatic heterocycles. The number of aromatic nitrogens is 3. The summed E-state index contributed by atoms with van der Waals surface area (Å²) in [6.07, 6.45) is 4.67. The van der Waals surface area contributed by atoms with Gasteiger partial charge in [0.05, 0.1) is 17.7 Å². The minimum absolute atomic E-state index is 0.0850. The van der Waals surface area contributed by atoms with E-state index in [0.29, 0.717) is 46.1 Å². The van der Waals surface area contributed by atoms with Crippen molar-refractivity contribution in [1.29, 1.82) is 0 Å². The summed E-state index contributed by atoms with van der Waals surface area (Å²) in [6.45, 7) is 2.76. The first-order valence-corrected chi connectivity index (χ1v) is 8.31. The monoisotopic (exact) mass is 355 g/mol. The Morgan fingerprint density at radius 2 is 2.23 bits per heavy atom. The number of carboxylic acids is 1. The number of nitrogens with one attached hydrogen (secondary N) is 1. The molecule has 2 N–H and O–H groups in total. The van der Waals surface area contributed by atoms with Crippen LogP contribution in [-0.4, -0.2) is 39.4 Å². The van der Waals surface area contributed by atoms with Crippen molar-refractivity contribution in [2.24, 2.45) is 0 Å². The summed E-state index contributed by atoms with van der Waals surface area (Å²) in [5.74, 6) is 0.678. The minimum atomic E-state index is -1.06. The molecule has 4 rings (SSSR count). The number of hydrogen-bond acceptors (Lipinski definition) is 6. The largest absolute Gasteiger partial charge is 0.493 e. The normalized spacial score (nSPS) is 12.5. The maximum atomic E-state index is 11.4. The molecule has 0 atom stereocenters. The number of hydrogen-bond donors (Lipinski definition) is 2. The number of fused-ring (bicyclic) bond motifs is 2. The average Bonchev–Trinajstić information content (AvgIpc) is 3.28. The highest BCUT2D eigenvalue weighted by molar-refractivity contribution is 6.05. The van der Waals surface area contributed by atoms with Gasteiger partial charge < -0.3 is 24.3 Å². The van der Waals surface area contributed by atoms with Crippen LogP contribution in [-0.2, 0) is 0 Å². The average molecular weight is 355 g/mol. The Morgan fingerprint density at radius 3 is 3.04 bits per heavy atom. The maximum Gasteiger partial charge on any atom is 0.339 e. The number of ether oxygens (including phenoxy) is 3. The van der Waals surface area contributed by atoms with Crippen LogP contribution in [0.3, 0.4) is 0 Å². The molecule has 1 aliphatic rings. The fraction of sp³-hybridized carbons (Fsp3) is 0.278. The third kappa shape index (κ3) is 2.59. The molecular formula is C18H17N3O5. The van der Waals surface area contributed by atoms with Crippen LogP contribution >= 0.6 is 0 Å². The number of unbranched alkanes of at least 4 members (excludes halogenated alkanes) is 1.